The van der Waals surface area contributed by atoms with Gasteiger partial charge in [-0.2, -0.15) is 0 Å². The predicted octanol–water partition coefficient (Wildman–Crippen LogP) is 2.04. The lowest BCUT2D eigenvalue weighted by atomic mass is 10.0. The molecule has 1 rings (SSSR count). The molecule has 0 radical (unpaired) electrons. The SMILES string of the molecule is CCC(N)Cc1c(Cl)cccc1OCCS(C)(=O)=O. The van der Waals surface area contributed by atoms with Gasteiger partial charge in [-0.3, -0.25) is 0 Å². The van der Waals surface area contributed by atoms with E-state index in [4.69, 9.17) is 22.1 Å². The van der Waals surface area contributed by atoms with Crippen molar-refractivity contribution in [2.75, 3.05) is 18.6 Å². The van der Waals surface area contributed by atoms with Gasteiger partial charge in [-0.05, 0) is 25.0 Å². The van der Waals surface area contributed by atoms with E-state index in [9.17, 15) is 8.42 Å². The quantitative estimate of drug-likeness (QED) is 0.837. The molecule has 19 heavy (non-hydrogen) atoms. The lowest BCUT2D eigenvalue weighted by molar-refractivity contribution is 0.336. The Hall–Kier alpha value is -0.780. The maximum absolute atomic E-state index is 11.1. The number of benzene rings is 1. The van der Waals surface area contributed by atoms with Crippen LogP contribution in [0.15, 0.2) is 18.2 Å². The zero-order chi connectivity index (χ0) is 14.5. The Morgan fingerprint density at radius 1 is 1.42 bits per heavy atom. The highest BCUT2D eigenvalue weighted by molar-refractivity contribution is 7.90. The molecule has 0 heterocycles. The first-order chi connectivity index (χ1) is 8.83. The molecule has 4 nitrogen and oxygen atoms in total. The topological polar surface area (TPSA) is 69.4 Å². The van der Waals surface area contributed by atoms with Gasteiger partial charge in [0.1, 0.15) is 12.4 Å². The summed E-state index contributed by atoms with van der Waals surface area (Å²) in [5, 5.41) is 0.598. The summed E-state index contributed by atoms with van der Waals surface area (Å²) in [6.07, 6.45) is 2.64. The van der Waals surface area contributed by atoms with Crippen molar-refractivity contribution in [2.45, 2.75) is 25.8 Å². The summed E-state index contributed by atoms with van der Waals surface area (Å²) >= 11 is 6.15. The predicted molar refractivity (Wildman–Crippen MR) is 78.6 cm³/mol. The smallest absolute Gasteiger partial charge is 0.150 e. The Morgan fingerprint density at radius 2 is 2.11 bits per heavy atom. The van der Waals surface area contributed by atoms with Crippen molar-refractivity contribution >= 4 is 21.4 Å². The van der Waals surface area contributed by atoms with Crippen molar-refractivity contribution in [1.82, 2.24) is 0 Å². The van der Waals surface area contributed by atoms with Crippen LogP contribution < -0.4 is 10.5 Å². The van der Waals surface area contributed by atoms with E-state index in [1.165, 1.54) is 6.26 Å². The van der Waals surface area contributed by atoms with Crippen LogP contribution in [-0.4, -0.2) is 33.1 Å². The summed E-state index contributed by atoms with van der Waals surface area (Å²) in [7, 11) is -3.03. The van der Waals surface area contributed by atoms with Crippen molar-refractivity contribution in [1.29, 1.82) is 0 Å². The number of ether oxygens (including phenoxy) is 1. The molecule has 0 aromatic heterocycles. The number of hydrogen-bond donors (Lipinski definition) is 1. The largest absolute Gasteiger partial charge is 0.492 e. The fourth-order valence-electron chi connectivity index (χ4n) is 1.58. The molecule has 0 saturated carbocycles. The molecule has 1 atom stereocenters. The first-order valence-corrected chi connectivity index (χ1v) is 8.61. The molecule has 6 heteroatoms. The minimum atomic E-state index is -3.03. The molecule has 0 aliphatic carbocycles. The molecule has 0 bridgehead atoms. The van der Waals surface area contributed by atoms with Gasteiger partial charge >= 0.3 is 0 Å². The van der Waals surface area contributed by atoms with Gasteiger partial charge in [-0.15, -0.1) is 0 Å². The monoisotopic (exact) mass is 305 g/mol. The Morgan fingerprint density at radius 3 is 2.68 bits per heavy atom. The number of hydrogen-bond acceptors (Lipinski definition) is 4. The van der Waals surface area contributed by atoms with E-state index < -0.39 is 9.84 Å². The molecule has 1 aromatic rings. The first-order valence-electron chi connectivity index (χ1n) is 6.17. The van der Waals surface area contributed by atoms with Crippen molar-refractivity contribution in [3.8, 4) is 5.75 Å². The Bertz CT molecular complexity index is 517. The number of rotatable bonds is 7. The van der Waals surface area contributed by atoms with E-state index in [0.29, 0.717) is 17.2 Å². The van der Waals surface area contributed by atoms with E-state index in [-0.39, 0.29) is 18.4 Å². The fraction of sp³-hybridized carbons (Fsp3) is 0.538. The van der Waals surface area contributed by atoms with Crippen molar-refractivity contribution in [3.63, 3.8) is 0 Å². The normalized spacial score (nSPS) is 13.3. The molecule has 0 aliphatic heterocycles. The molecular formula is C13H20ClNO3S. The van der Waals surface area contributed by atoms with E-state index in [0.717, 1.165) is 12.0 Å². The van der Waals surface area contributed by atoms with Crippen molar-refractivity contribution in [3.05, 3.63) is 28.8 Å². The van der Waals surface area contributed by atoms with Gasteiger partial charge in [-0.25, -0.2) is 8.42 Å². The highest BCUT2D eigenvalue weighted by Gasteiger charge is 2.12. The average molecular weight is 306 g/mol. The van der Waals surface area contributed by atoms with E-state index in [1.807, 2.05) is 6.92 Å². The third kappa shape index (κ3) is 5.80. The average Bonchev–Trinajstić information content (AvgIpc) is 2.31. The third-order valence-corrected chi connectivity index (χ3v) is 4.04. The van der Waals surface area contributed by atoms with Crippen LogP contribution in [0.25, 0.3) is 0 Å². The standard InChI is InChI=1S/C13H20ClNO3S/c1-3-10(15)9-11-12(14)5-4-6-13(11)18-7-8-19(2,16)17/h4-6,10H,3,7-9,15H2,1-2H3. The van der Waals surface area contributed by atoms with Gasteiger partial charge in [0.2, 0.25) is 0 Å². The van der Waals surface area contributed by atoms with Gasteiger partial charge < -0.3 is 10.5 Å². The summed E-state index contributed by atoms with van der Waals surface area (Å²) < 4.78 is 27.7. The van der Waals surface area contributed by atoms with Gasteiger partial charge in [0.15, 0.2) is 9.84 Å². The molecule has 0 amide bonds. The van der Waals surface area contributed by atoms with Gasteiger partial charge in [0, 0.05) is 22.9 Å². The summed E-state index contributed by atoms with van der Waals surface area (Å²) in [6, 6.07) is 5.35. The van der Waals surface area contributed by atoms with Crippen LogP contribution in [0.1, 0.15) is 18.9 Å². The second kappa shape index (κ2) is 7.12. The van der Waals surface area contributed by atoms with Crippen LogP contribution in [0.4, 0.5) is 0 Å². The number of sulfone groups is 1. The highest BCUT2D eigenvalue weighted by Crippen LogP contribution is 2.28. The molecule has 1 aromatic carbocycles. The minimum Gasteiger partial charge on any atom is -0.492 e. The van der Waals surface area contributed by atoms with Gasteiger partial charge in [0.05, 0.1) is 5.75 Å². The molecule has 108 valence electrons. The maximum atomic E-state index is 11.1. The Kier molecular flexibility index (Phi) is 6.10. The number of nitrogens with two attached hydrogens (primary N) is 1. The Labute approximate surface area is 119 Å². The molecule has 0 saturated heterocycles. The minimum absolute atomic E-state index is 0.0113. The van der Waals surface area contributed by atoms with E-state index in [2.05, 4.69) is 0 Å². The molecule has 2 N–H and O–H groups in total. The van der Waals surface area contributed by atoms with Crippen molar-refractivity contribution in [2.24, 2.45) is 5.73 Å². The summed E-state index contributed by atoms with van der Waals surface area (Å²) in [5.74, 6) is 0.596. The zero-order valence-corrected chi connectivity index (χ0v) is 12.8. The molecule has 0 aliphatic rings. The Balaban J connectivity index is 2.79. The van der Waals surface area contributed by atoms with Crippen LogP contribution in [0, 0.1) is 0 Å². The lowest BCUT2D eigenvalue weighted by Gasteiger charge is -2.15. The van der Waals surface area contributed by atoms with Gasteiger partial charge in [0.25, 0.3) is 0 Å². The number of halogens is 1. The van der Waals surface area contributed by atoms with Crippen LogP contribution in [-0.2, 0) is 16.3 Å². The van der Waals surface area contributed by atoms with Crippen LogP contribution >= 0.6 is 11.6 Å². The fourth-order valence-corrected chi connectivity index (χ4v) is 2.21. The molecule has 1 unspecified atom stereocenters. The zero-order valence-electron chi connectivity index (χ0n) is 11.2. The maximum Gasteiger partial charge on any atom is 0.150 e. The van der Waals surface area contributed by atoms with Crippen LogP contribution in [0.5, 0.6) is 5.75 Å². The van der Waals surface area contributed by atoms with Crippen LogP contribution in [0.2, 0.25) is 5.02 Å². The molecule has 0 spiro atoms. The second-order valence-corrected chi connectivity index (χ2v) is 7.23. The molecular weight excluding hydrogens is 286 g/mol. The lowest BCUT2D eigenvalue weighted by Crippen LogP contribution is -2.22. The molecule has 0 fully saturated rings. The van der Waals surface area contributed by atoms with E-state index >= 15 is 0 Å². The van der Waals surface area contributed by atoms with Crippen LogP contribution in [0.3, 0.4) is 0 Å². The second-order valence-electron chi connectivity index (χ2n) is 4.57. The van der Waals surface area contributed by atoms with E-state index in [1.54, 1.807) is 18.2 Å². The summed E-state index contributed by atoms with van der Waals surface area (Å²) in [6.45, 7) is 2.12. The summed E-state index contributed by atoms with van der Waals surface area (Å²) in [4.78, 5) is 0. The van der Waals surface area contributed by atoms with Crippen molar-refractivity contribution < 1.29 is 13.2 Å². The third-order valence-electron chi connectivity index (χ3n) is 2.78. The summed E-state index contributed by atoms with van der Waals surface area (Å²) in [5.41, 5.74) is 6.77. The first kappa shape index (κ1) is 16.3. The van der Waals surface area contributed by atoms with Gasteiger partial charge in [-0.1, -0.05) is 24.6 Å². The highest BCUT2D eigenvalue weighted by atomic mass is 35.5.